The zero-order valence-electron chi connectivity index (χ0n) is 4.05. The summed E-state index contributed by atoms with van der Waals surface area (Å²) < 4.78 is 0. The van der Waals surface area contributed by atoms with E-state index in [1.54, 1.807) is 0 Å². The molecule has 42 valence electrons. The second kappa shape index (κ2) is 1.73. The molecule has 2 amide bonds. The number of carbonyl (C=O) groups excluding carboxylic acids is 2. The van der Waals surface area contributed by atoms with Gasteiger partial charge in [-0.05, 0) is 0 Å². The third-order valence-electron chi connectivity index (χ3n) is 0.746. The van der Waals surface area contributed by atoms with Gasteiger partial charge < -0.3 is 5.32 Å². The quantitative estimate of drug-likeness (QED) is 0.411. The van der Waals surface area contributed by atoms with Crippen LogP contribution in [-0.4, -0.2) is 18.2 Å². The summed E-state index contributed by atoms with van der Waals surface area (Å²) in [6.07, 6.45) is 0.991. The second-order valence-corrected chi connectivity index (χ2v) is 1.40. The van der Waals surface area contributed by atoms with Crippen molar-refractivity contribution in [3.8, 4) is 0 Å². The second-order valence-electron chi connectivity index (χ2n) is 1.40. The van der Waals surface area contributed by atoms with E-state index in [2.05, 4.69) is 10.3 Å². The predicted molar refractivity (Wildman–Crippen MR) is 26.3 cm³/mol. The molecule has 0 aromatic rings. The third-order valence-corrected chi connectivity index (χ3v) is 0.746. The average molecular weight is 112 g/mol. The number of hydrogen-bond acceptors (Lipinski definition) is 2. The molecule has 0 aromatic carbocycles. The fraction of sp³-hybridized carbons (Fsp3) is 0.250. The van der Waals surface area contributed by atoms with Gasteiger partial charge in [0.2, 0.25) is 5.91 Å². The molecule has 0 saturated carbocycles. The van der Waals surface area contributed by atoms with E-state index in [0.29, 0.717) is 0 Å². The van der Waals surface area contributed by atoms with Crippen LogP contribution in [0.5, 0.6) is 0 Å². The summed E-state index contributed by atoms with van der Waals surface area (Å²) in [6, 6.07) is 0. The first kappa shape index (κ1) is 4.96. The Balaban J connectivity index is 2.68. The Hall–Kier alpha value is -1.19. The van der Waals surface area contributed by atoms with Gasteiger partial charge in [0.1, 0.15) is 6.42 Å². The predicted octanol–water partition coefficient (Wildman–Crippen LogP) is -0.939. The van der Waals surface area contributed by atoms with Crippen molar-refractivity contribution in [2.45, 2.75) is 6.42 Å². The maximum atomic E-state index is 10.3. The number of nitrogens with zero attached hydrogens (tertiary/aromatic N) is 1. The van der Waals surface area contributed by atoms with Gasteiger partial charge in [-0.15, -0.1) is 0 Å². The van der Waals surface area contributed by atoms with E-state index in [-0.39, 0.29) is 18.2 Å². The number of hydrogen-bond donors (Lipinski definition) is 1. The molecule has 1 aliphatic rings. The Labute approximate surface area is 45.6 Å². The highest BCUT2D eigenvalue weighted by atomic mass is 16.2. The lowest BCUT2D eigenvalue weighted by Crippen LogP contribution is -2.28. The minimum Gasteiger partial charge on any atom is -0.316 e. The lowest BCUT2D eigenvalue weighted by molar-refractivity contribution is -0.127. The third kappa shape index (κ3) is 0.900. The zero-order valence-corrected chi connectivity index (χ0v) is 4.05. The molecule has 8 heavy (non-hydrogen) atoms. The highest BCUT2D eigenvalue weighted by molar-refractivity contribution is 6.07. The molecule has 0 atom stereocenters. The molecule has 0 spiro atoms. The van der Waals surface area contributed by atoms with Crippen LogP contribution in [0, 0.1) is 0 Å². The van der Waals surface area contributed by atoms with Gasteiger partial charge >= 0.3 is 0 Å². The van der Waals surface area contributed by atoms with Crippen molar-refractivity contribution < 1.29 is 9.59 Å². The van der Waals surface area contributed by atoms with Gasteiger partial charge in [0.25, 0.3) is 5.91 Å². The standard InChI is InChI=1S/C4H4N2O2/c7-3-1-4(8)6-2-5-3/h2H,1H2,(H,5,6,7,8). The summed E-state index contributed by atoms with van der Waals surface area (Å²) in [5.74, 6) is -0.668. The number of rotatable bonds is 0. The molecule has 1 N–H and O–H groups in total. The van der Waals surface area contributed by atoms with Gasteiger partial charge in [-0.25, -0.2) is 4.99 Å². The average Bonchev–Trinajstić information content (AvgIpc) is 1.64. The summed E-state index contributed by atoms with van der Waals surface area (Å²) in [7, 11) is 0. The van der Waals surface area contributed by atoms with Gasteiger partial charge in [0.15, 0.2) is 0 Å². The molecule has 4 nitrogen and oxygen atoms in total. The Morgan fingerprint density at radius 2 is 2.38 bits per heavy atom. The van der Waals surface area contributed by atoms with Crippen LogP contribution in [0.4, 0.5) is 0 Å². The lowest BCUT2D eigenvalue weighted by Gasteiger charge is -1.99. The first-order chi connectivity index (χ1) is 3.79. The maximum absolute atomic E-state index is 10.3. The van der Waals surface area contributed by atoms with Gasteiger partial charge in [-0.1, -0.05) is 0 Å². The Morgan fingerprint density at radius 3 is 2.75 bits per heavy atom. The monoisotopic (exact) mass is 112 g/mol. The largest absolute Gasteiger partial charge is 0.316 e. The van der Waals surface area contributed by atoms with Crippen LogP contribution in [0.2, 0.25) is 0 Å². The number of aliphatic imine (C=N–C) groups is 1. The summed E-state index contributed by atoms with van der Waals surface area (Å²) in [5.41, 5.74) is 0. The normalized spacial score (nSPS) is 18.5. The summed E-state index contributed by atoms with van der Waals surface area (Å²) in [5, 5.41) is 2.26. The molecular weight excluding hydrogens is 108 g/mol. The SMILES string of the molecule is O=C1CC(=O)NC=N1. The molecule has 0 fully saturated rings. The van der Waals surface area contributed by atoms with Gasteiger partial charge in [-0.3, -0.25) is 9.59 Å². The number of carbonyl (C=O) groups is 2. The minimum absolute atomic E-state index is 0.115. The first-order valence-electron chi connectivity index (χ1n) is 2.14. The van der Waals surface area contributed by atoms with Crippen LogP contribution in [0.25, 0.3) is 0 Å². The highest BCUT2D eigenvalue weighted by Crippen LogP contribution is 1.87. The lowest BCUT2D eigenvalue weighted by atomic mass is 10.4. The van der Waals surface area contributed by atoms with E-state index < -0.39 is 0 Å². The van der Waals surface area contributed by atoms with Crippen molar-refractivity contribution in [1.82, 2.24) is 5.32 Å². The molecule has 0 aliphatic carbocycles. The van der Waals surface area contributed by atoms with Crippen LogP contribution in [-0.2, 0) is 9.59 Å². The Bertz CT molecular complexity index is 161. The van der Waals surface area contributed by atoms with Crippen LogP contribution < -0.4 is 5.32 Å². The molecule has 1 heterocycles. The first-order valence-corrected chi connectivity index (χ1v) is 2.14. The number of nitrogens with one attached hydrogen (secondary N) is 1. The van der Waals surface area contributed by atoms with Crippen LogP contribution >= 0.6 is 0 Å². The molecule has 4 heteroatoms. The van der Waals surface area contributed by atoms with Crippen molar-refractivity contribution in [3.63, 3.8) is 0 Å². The van der Waals surface area contributed by atoms with Crippen molar-refractivity contribution in [2.75, 3.05) is 0 Å². The highest BCUT2D eigenvalue weighted by Gasteiger charge is 2.09. The summed E-state index contributed by atoms with van der Waals surface area (Å²) >= 11 is 0. The van der Waals surface area contributed by atoms with Crippen molar-refractivity contribution >= 4 is 18.2 Å². The molecule has 1 rings (SSSR count). The van der Waals surface area contributed by atoms with E-state index in [0.717, 1.165) is 6.34 Å². The van der Waals surface area contributed by atoms with E-state index >= 15 is 0 Å². The van der Waals surface area contributed by atoms with Crippen LogP contribution in [0.3, 0.4) is 0 Å². The van der Waals surface area contributed by atoms with Crippen molar-refractivity contribution in [1.29, 1.82) is 0 Å². The van der Waals surface area contributed by atoms with Gasteiger partial charge in [0, 0.05) is 0 Å². The topological polar surface area (TPSA) is 58.5 Å². The molecule has 0 aromatic heterocycles. The molecule has 0 saturated heterocycles. The van der Waals surface area contributed by atoms with Crippen LogP contribution in [0.15, 0.2) is 4.99 Å². The fourth-order valence-corrected chi connectivity index (χ4v) is 0.410. The Morgan fingerprint density at radius 1 is 1.62 bits per heavy atom. The molecule has 0 unspecified atom stereocenters. The van der Waals surface area contributed by atoms with Gasteiger partial charge in [0.05, 0.1) is 6.34 Å². The van der Waals surface area contributed by atoms with Crippen molar-refractivity contribution in [2.24, 2.45) is 4.99 Å². The minimum atomic E-state index is -0.381. The molecule has 0 radical (unpaired) electrons. The van der Waals surface area contributed by atoms with Crippen molar-refractivity contribution in [3.05, 3.63) is 0 Å². The number of amides is 2. The van der Waals surface area contributed by atoms with E-state index in [1.807, 2.05) is 0 Å². The zero-order chi connectivity index (χ0) is 5.98. The smallest absolute Gasteiger partial charge is 0.256 e. The van der Waals surface area contributed by atoms with E-state index in [1.165, 1.54) is 0 Å². The summed E-state index contributed by atoms with van der Waals surface area (Å²) in [4.78, 5) is 23.7. The van der Waals surface area contributed by atoms with Crippen LogP contribution in [0.1, 0.15) is 6.42 Å². The summed E-state index contributed by atoms with van der Waals surface area (Å²) in [6.45, 7) is 0. The van der Waals surface area contributed by atoms with E-state index in [4.69, 9.17) is 0 Å². The fourth-order valence-electron chi connectivity index (χ4n) is 0.410. The molecule has 1 aliphatic heterocycles. The Kier molecular flexibility index (Phi) is 1.07. The molecule has 0 bridgehead atoms. The van der Waals surface area contributed by atoms with Gasteiger partial charge in [-0.2, -0.15) is 0 Å². The molecular formula is C4H4N2O2. The maximum Gasteiger partial charge on any atom is 0.256 e. The van der Waals surface area contributed by atoms with E-state index in [9.17, 15) is 9.59 Å².